The van der Waals surface area contributed by atoms with Crippen molar-refractivity contribution in [1.29, 1.82) is 0 Å². The van der Waals surface area contributed by atoms with Crippen LogP contribution in [-0.4, -0.2) is 28.4 Å². The van der Waals surface area contributed by atoms with Crippen molar-refractivity contribution in [2.75, 3.05) is 11.5 Å². The molecule has 1 amide bonds. The van der Waals surface area contributed by atoms with Gasteiger partial charge in [0.25, 0.3) is 5.91 Å². The summed E-state index contributed by atoms with van der Waals surface area (Å²) in [5, 5.41) is 12.5. The minimum atomic E-state index is -0.767. The number of aromatic nitrogens is 1. The first-order valence-electron chi connectivity index (χ1n) is 9.09. The molecule has 0 spiro atoms. The number of anilines is 1. The van der Waals surface area contributed by atoms with Gasteiger partial charge in [0.2, 0.25) is 5.78 Å². The number of ether oxygens (including phenoxy) is 1. The van der Waals surface area contributed by atoms with Crippen LogP contribution < -0.4 is 9.64 Å². The molecule has 1 aliphatic rings. The second kappa shape index (κ2) is 7.89. The van der Waals surface area contributed by atoms with Crippen molar-refractivity contribution in [1.82, 2.24) is 4.98 Å². The highest BCUT2D eigenvalue weighted by molar-refractivity contribution is 7.12. The van der Waals surface area contributed by atoms with Crippen LogP contribution in [0.5, 0.6) is 5.75 Å². The lowest BCUT2D eigenvalue weighted by Gasteiger charge is -2.27. The van der Waals surface area contributed by atoms with Crippen LogP contribution in [0.1, 0.15) is 28.2 Å². The van der Waals surface area contributed by atoms with Gasteiger partial charge in [0, 0.05) is 24.1 Å². The molecule has 0 fully saturated rings. The van der Waals surface area contributed by atoms with E-state index in [9.17, 15) is 14.7 Å². The van der Waals surface area contributed by atoms with Gasteiger partial charge in [-0.15, -0.1) is 11.3 Å². The first kappa shape index (κ1) is 18.9. The van der Waals surface area contributed by atoms with Gasteiger partial charge in [0.05, 0.1) is 23.1 Å². The molecule has 1 aliphatic heterocycles. The minimum absolute atomic E-state index is 0.0606. The zero-order valence-corrected chi connectivity index (χ0v) is 16.4. The number of pyridine rings is 1. The summed E-state index contributed by atoms with van der Waals surface area (Å²) in [4.78, 5) is 32.1. The van der Waals surface area contributed by atoms with Crippen molar-refractivity contribution in [3.05, 3.63) is 88.1 Å². The summed E-state index contributed by atoms with van der Waals surface area (Å²) in [7, 11) is 0. The SMILES string of the molecule is CCOc1cccc(N2C(=O)C(O)=C(C(=O)c3cccs3)C2c2ccncc2)c1. The monoisotopic (exact) mass is 406 g/mol. The highest BCUT2D eigenvalue weighted by atomic mass is 32.1. The van der Waals surface area contributed by atoms with E-state index in [1.54, 1.807) is 66.3 Å². The fourth-order valence-corrected chi connectivity index (χ4v) is 4.07. The van der Waals surface area contributed by atoms with E-state index in [4.69, 9.17) is 4.74 Å². The van der Waals surface area contributed by atoms with Crippen molar-refractivity contribution in [3.63, 3.8) is 0 Å². The van der Waals surface area contributed by atoms with E-state index in [0.717, 1.165) is 0 Å². The van der Waals surface area contributed by atoms with Gasteiger partial charge in [-0.25, -0.2) is 0 Å². The number of aliphatic hydroxyl groups excluding tert-OH is 1. The van der Waals surface area contributed by atoms with Crippen LogP contribution in [0.2, 0.25) is 0 Å². The fraction of sp³-hybridized carbons (Fsp3) is 0.136. The summed E-state index contributed by atoms with van der Waals surface area (Å²) in [5.41, 5.74) is 1.27. The van der Waals surface area contributed by atoms with Crippen LogP contribution in [0.15, 0.2) is 77.6 Å². The van der Waals surface area contributed by atoms with Crippen molar-refractivity contribution in [2.24, 2.45) is 0 Å². The molecular formula is C22H18N2O4S. The van der Waals surface area contributed by atoms with Crippen LogP contribution >= 0.6 is 11.3 Å². The highest BCUT2D eigenvalue weighted by Crippen LogP contribution is 2.42. The van der Waals surface area contributed by atoms with Crippen molar-refractivity contribution >= 4 is 28.7 Å². The topological polar surface area (TPSA) is 79.7 Å². The predicted molar refractivity (Wildman–Crippen MR) is 110 cm³/mol. The molecule has 1 aromatic carbocycles. The Kier molecular flexibility index (Phi) is 5.14. The molecule has 0 bridgehead atoms. The minimum Gasteiger partial charge on any atom is -0.503 e. The van der Waals surface area contributed by atoms with Gasteiger partial charge in [-0.2, -0.15) is 0 Å². The highest BCUT2D eigenvalue weighted by Gasteiger charge is 2.44. The molecular weight excluding hydrogens is 388 g/mol. The first-order chi connectivity index (χ1) is 14.1. The molecule has 0 aliphatic carbocycles. The number of carbonyl (C=O) groups is 2. The van der Waals surface area contributed by atoms with Crippen LogP contribution in [0.4, 0.5) is 5.69 Å². The van der Waals surface area contributed by atoms with Crippen molar-refractivity contribution < 1.29 is 19.4 Å². The van der Waals surface area contributed by atoms with Crippen LogP contribution in [0, 0.1) is 0 Å². The summed E-state index contributed by atoms with van der Waals surface area (Å²) in [5.74, 6) is -0.924. The number of aliphatic hydroxyl groups is 1. The number of Topliss-reactive ketones (excluding diaryl/α,β-unsaturated/α-hetero) is 1. The second-order valence-corrected chi connectivity index (χ2v) is 7.31. The standard InChI is InChI=1S/C22H18N2O4S/c1-2-28-16-6-3-5-15(13-16)24-19(14-8-10-23-11-9-14)18(21(26)22(24)27)20(25)17-7-4-12-29-17/h3-13,19,26H,2H2,1H3. The summed E-state index contributed by atoms with van der Waals surface area (Å²) in [6, 6.07) is 13.2. The Balaban J connectivity index is 1.85. The summed E-state index contributed by atoms with van der Waals surface area (Å²) < 4.78 is 5.55. The Bertz CT molecular complexity index is 1080. The number of rotatable bonds is 6. The number of ketones is 1. The zero-order chi connectivity index (χ0) is 20.4. The average Bonchev–Trinajstić information content (AvgIpc) is 3.36. The molecule has 1 unspecified atom stereocenters. The second-order valence-electron chi connectivity index (χ2n) is 6.36. The Morgan fingerprint density at radius 3 is 2.69 bits per heavy atom. The number of amides is 1. The normalized spacial score (nSPS) is 16.4. The molecule has 0 radical (unpaired) electrons. The molecule has 3 aromatic rings. The summed E-state index contributed by atoms with van der Waals surface area (Å²) >= 11 is 1.27. The molecule has 6 nitrogen and oxygen atoms in total. The number of nitrogens with zero attached hydrogens (tertiary/aromatic N) is 2. The Hall–Kier alpha value is -3.45. The lowest BCUT2D eigenvalue weighted by atomic mass is 9.96. The summed E-state index contributed by atoms with van der Waals surface area (Å²) in [6.45, 7) is 2.36. The average molecular weight is 406 g/mol. The maximum Gasteiger partial charge on any atom is 0.294 e. The van der Waals surface area contributed by atoms with Gasteiger partial charge < -0.3 is 9.84 Å². The van der Waals surface area contributed by atoms with E-state index in [0.29, 0.717) is 28.5 Å². The number of carbonyl (C=O) groups excluding carboxylic acids is 2. The van der Waals surface area contributed by atoms with Crippen molar-refractivity contribution in [3.8, 4) is 5.75 Å². The van der Waals surface area contributed by atoms with E-state index < -0.39 is 17.7 Å². The maximum atomic E-state index is 13.2. The molecule has 0 saturated heterocycles. The van der Waals surface area contributed by atoms with Gasteiger partial charge in [-0.05, 0) is 48.2 Å². The molecule has 3 heterocycles. The third-order valence-corrected chi connectivity index (χ3v) is 5.49. The fourth-order valence-electron chi connectivity index (χ4n) is 3.39. The quantitative estimate of drug-likeness (QED) is 0.617. The van der Waals surface area contributed by atoms with Crippen molar-refractivity contribution in [2.45, 2.75) is 13.0 Å². The molecule has 2 aromatic heterocycles. The number of hydrogen-bond acceptors (Lipinski definition) is 6. The van der Waals surface area contributed by atoms with E-state index in [2.05, 4.69) is 4.98 Å². The number of thiophene rings is 1. The largest absolute Gasteiger partial charge is 0.503 e. The van der Waals surface area contributed by atoms with Gasteiger partial charge in [0.1, 0.15) is 5.75 Å². The number of hydrogen-bond donors (Lipinski definition) is 1. The van der Waals surface area contributed by atoms with Crippen LogP contribution in [0.3, 0.4) is 0 Å². The first-order valence-corrected chi connectivity index (χ1v) is 9.97. The van der Waals surface area contributed by atoms with Crippen LogP contribution in [0.25, 0.3) is 0 Å². The van der Waals surface area contributed by atoms with Crippen LogP contribution in [-0.2, 0) is 4.79 Å². The molecule has 7 heteroatoms. The Morgan fingerprint density at radius 2 is 2.00 bits per heavy atom. The molecule has 29 heavy (non-hydrogen) atoms. The molecule has 1 atom stereocenters. The molecule has 146 valence electrons. The molecule has 4 rings (SSSR count). The van der Waals surface area contributed by atoms with Gasteiger partial charge >= 0.3 is 0 Å². The summed E-state index contributed by atoms with van der Waals surface area (Å²) in [6.07, 6.45) is 3.19. The third kappa shape index (κ3) is 3.40. The lowest BCUT2D eigenvalue weighted by molar-refractivity contribution is -0.117. The smallest absolute Gasteiger partial charge is 0.294 e. The lowest BCUT2D eigenvalue weighted by Crippen LogP contribution is -2.31. The number of benzene rings is 1. The van der Waals surface area contributed by atoms with Gasteiger partial charge in [0.15, 0.2) is 5.76 Å². The van der Waals surface area contributed by atoms with Gasteiger partial charge in [-0.1, -0.05) is 12.1 Å². The van der Waals surface area contributed by atoms with Gasteiger partial charge in [-0.3, -0.25) is 19.5 Å². The third-order valence-electron chi connectivity index (χ3n) is 4.63. The Labute approximate surface area is 171 Å². The molecule has 0 saturated carbocycles. The maximum absolute atomic E-state index is 13.2. The Morgan fingerprint density at radius 1 is 1.21 bits per heavy atom. The van der Waals surface area contributed by atoms with E-state index in [1.165, 1.54) is 16.2 Å². The predicted octanol–water partition coefficient (Wildman–Crippen LogP) is 4.32. The van der Waals surface area contributed by atoms with E-state index >= 15 is 0 Å². The molecule has 1 N–H and O–H groups in total. The van der Waals surface area contributed by atoms with E-state index in [1.807, 2.05) is 6.92 Å². The van der Waals surface area contributed by atoms with E-state index in [-0.39, 0.29) is 11.4 Å². The zero-order valence-electron chi connectivity index (χ0n) is 15.6.